The highest BCUT2D eigenvalue weighted by atomic mass is 19.2. The van der Waals surface area contributed by atoms with E-state index in [9.17, 15) is 18.3 Å². The number of phenols is 1. The zero-order valence-corrected chi connectivity index (χ0v) is 17.4. The number of aromatic hydroxyl groups is 1. The molecular weight excluding hydrogens is 397 g/mol. The number of phenolic OH excluding ortho intramolecular Hbond substituents is 1. The molecule has 0 atom stereocenters. The Morgan fingerprint density at radius 3 is 2.00 bits per heavy atom. The van der Waals surface area contributed by atoms with Gasteiger partial charge in [-0.1, -0.05) is 48.6 Å². The predicted molar refractivity (Wildman–Crippen MR) is 118 cm³/mol. The summed E-state index contributed by atoms with van der Waals surface area (Å²) >= 11 is 0. The van der Waals surface area contributed by atoms with Crippen LogP contribution < -0.4 is 0 Å². The summed E-state index contributed by atoms with van der Waals surface area (Å²) in [4.78, 5) is 0. The van der Waals surface area contributed by atoms with Gasteiger partial charge in [-0.15, -0.1) is 0 Å². The van der Waals surface area contributed by atoms with E-state index >= 15 is 0 Å². The van der Waals surface area contributed by atoms with E-state index in [1.165, 1.54) is 6.07 Å². The van der Waals surface area contributed by atoms with Gasteiger partial charge in [0.25, 0.3) is 0 Å². The van der Waals surface area contributed by atoms with Crippen molar-refractivity contribution in [3.05, 3.63) is 89.8 Å². The summed E-state index contributed by atoms with van der Waals surface area (Å²) in [6.07, 6.45) is 8.77. The third kappa shape index (κ3) is 4.39. The summed E-state index contributed by atoms with van der Waals surface area (Å²) < 4.78 is 42.7. The van der Waals surface area contributed by atoms with Gasteiger partial charge < -0.3 is 5.11 Å². The van der Waals surface area contributed by atoms with Gasteiger partial charge in [0.2, 0.25) is 5.82 Å². The van der Waals surface area contributed by atoms with Crippen LogP contribution in [0.2, 0.25) is 0 Å². The molecule has 1 N–H and O–H groups in total. The highest BCUT2D eigenvalue weighted by molar-refractivity contribution is 5.71. The average Bonchev–Trinajstić information content (AvgIpc) is 2.79. The second-order valence-electron chi connectivity index (χ2n) is 8.21. The van der Waals surface area contributed by atoms with Crippen molar-refractivity contribution in [2.24, 2.45) is 5.92 Å². The number of rotatable bonds is 4. The molecule has 1 nitrogen and oxygen atoms in total. The van der Waals surface area contributed by atoms with E-state index < -0.39 is 17.4 Å². The van der Waals surface area contributed by atoms with Crippen molar-refractivity contribution in [2.45, 2.75) is 38.5 Å². The maximum atomic E-state index is 14.9. The van der Waals surface area contributed by atoms with Crippen LogP contribution in [0.3, 0.4) is 0 Å². The maximum Gasteiger partial charge on any atom is 0.200 e. The van der Waals surface area contributed by atoms with Gasteiger partial charge in [-0.05, 0) is 79.3 Å². The number of allylic oxidation sites excluding steroid dienone is 2. The van der Waals surface area contributed by atoms with Crippen molar-refractivity contribution in [3.8, 4) is 28.0 Å². The first-order valence-electron chi connectivity index (χ1n) is 10.7. The standard InChI is InChI=1S/C27H25F3O/c1-2-3-17-4-6-18(7-5-17)21-12-13-22(24(28)16-21)19-8-10-20(11-9-19)23-14-15-25(31)27(30)26(23)29/h2-3,8-18,31H,4-7H2,1H3/b3-2+. The Labute approximate surface area is 180 Å². The molecular formula is C27H25F3O. The first kappa shape index (κ1) is 21.2. The quantitative estimate of drug-likeness (QED) is 0.422. The Morgan fingerprint density at radius 1 is 0.774 bits per heavy atom. The largest absolute Gasteiger partial charge is 0.505 e. The minimum absolute atomic E-state index is 0.0474. The number of hydrogen-bond donors (Lipinski definition) is 1. The minimum atomic E-state index is -1.28. The topological polar surface area (TPSA) is 20.2 Å². The molecule has 160 valence electrons. The van der Waals surface area contributed by atoms with E-state index in [2.05, 4.69) is 12.2 Å². The minimum Gasteiger partial charge on any atom is -0.505 e. The van der Waals surface area contributed by atoms with Gasteiger partial charge >= 0.3 is 0 Å². The molecule has 0 aliphatic heterocycles. The molecule has 4 heteroatoms. The number of benzene rings is 3. The molecule has 0 amide bonds. The van der Waals surface area contributed by atoms with Gasteiger partial charge in [-0.3, -0.25) is 0 Å². The van der Waals surface area contributed by atoms with Crippen molar-refractivity contribution < 1.29 is 18.3 Å². The van der Waals surface area contributed by atoms with Crippen LogP contribution in [0.1, 0.15) is 44.1 Å². The molecule has 0 spiro atoms. The molecule has 0 heterocycles. The fourth-order valence-corrected chi connectivity index (χ4v) is 4.53. The summed E-state index contributed by atoms with van der Waals surface area (Å²) in [6.45, 7) is 2.05. The molecule has 3 aromatic carbocycles. The predicted octanol–water partition coefficient (Wildman–Crippen LogP) is 7.99. The Bertz CT molecular complexity index is 1090. The number of halogens is 3. The normalized spacial score (nSPS) is 19.1. The zero-order chi connectivity index (χ0) is 22.0. The lowest BCUT2D eigenvalue weighted by Gasteiger charge is -2.27. The third-order valence-electron chi connectivity index (χ3n) is 6.27. The summed E-state index contributed by atoms with van der Waals surface area (Å²) in [7, 11) is 0. The van der Waals surface area contributed by atoms with Crippen molar-refractivity contribution in [1.82, 2.24) is 0 Å². The molecule has 0 unspecified atom stereocenters. The zero-order valence-electron chi connectivity index (χ0n) is 17.4. The molecule has 0 radical (unpaired) electrons. The highest BCUT2D eigenvalue weighted by Crippen LogP contribution is 2.38. The monoisotopic (exact) mass is 422 g/mol. The first-order chi connectivity index (χ1) is 15.0. The van der Waals surface area contributed by atoms with Gasteiger partial charge in [0.15, 0.2) is 11.6 Å². The van der Waals surface area contributed by atoms with Crippen molar-refractivity contribution >= 4 is 0 Å². The van der Waals surface area contributed by atoms with E-state index in [-0.39, 0.29) is 11.4 Å². The second-order valence-corrected chi connectivity index (χ2v) is 8.21. The van der Waals surface area contributed by atoms with Crippen molar-refractivity contribution in [2.75, 3.05) is 0 Å². The van der Waals surface area contributed by atoms with Gasteiger partial charge in [-0.25, -0.2) is 8.78 Å². The molecule has 1 fully saturated rings. The van der Waals surface area contributed by atoms with Gasteiger partial charge in [0.05, 0.1) is 0 Å². The van der Waals surface area contributed by atoms with Gasteiger partial charge in [-0.2, -0.15) is 4.39 Å². The van der Waals surface area contributed by atoms with E-state index in [0.29, 0.717) is 28.5 Å². The molecule has 1 saturated carbocycles. The summed E-state index contributed by atoms with van der Waals surface area (Å²) in [6, 6.07) is 14.5. The van der Waals surface area contributed by atoms with Crippen LogP contribution in [0.25, 0.3) is 22.3 Å². The van der Waals surface area contributed by atoms with Crippen LogP contribution in [0.15, 0.2) is 66.7 Å². The first-order valence-corrected chi connectivity index (χ1v) is 10.7. The van der Waals surface area contributed by atoms with E-state index in [1.54, 1.807) is 36.4 Å². The lowest BCUT2D eigenvalue weighted by atomic mass is 9.78. The van der Waals surface area contributed by atoms with Crippen LogP contribution in [0, 0.1) is 23.4 Å². The Kier molecular flexibility index (Phi) is 6.17. The molecule has 0 saturated heterocycles. The smallest absolute Gasteiger partial charge is 0.200 e. The SMILES string of the molecule is C/C=C/C1CCC(c2ccc(-c3ccc(-c4ccc(O)c(F)c4F)cc3)c(F)c2)CC1. The van der Waals surface area contributed by atoms with Crippen LogP contribution in [-0.4, -0.2) is 5.11 Å². The number of hydrogen-bond acceptors (Lipinski definition) is 1. The van der Waals surface area contributed by atoms with Crippen molar-refractivity contribution in [1.29, 1.82) is 0 Å². The summed E-state index contributed by atoms with van der Waals surface area (Å²) in [5.74, 6) is -2.36. The van der Waals surface area contributed by atoms with E-state index in [4.69, 9.17) is 0 Å². The van der Waals surface area contributed by atoms with Crippen LogP contribution in [0.5, 0.6) is 5.75 Å². The molecule has 3 aromatic rings. The third-order valence-corrected chi connectivity index (χ3v) is 6.27. The lowest BCUT2D eigenvalue weighted by Crippen LogP contribution is -2.12. The molecule has 1 aliphatic rings. The fourth-order valence-electron chi connectivity index (χ4n) is 4.53. The Balaban J connectivity index is 1.53. The second kappa shape index (κ2) is 9.01. The van der Waals surface area contributed by atoms with Crippen LogP contribution in [0.4, 0.5) is 13.2 Å². The van der Waals surface area contributed by atoms with Gasteiger partial charge in [0.1, 0.15) is 5.82 Å². The highest BCUT2D eigenvalue weighted by Gasteiger charge is 2.22. The van der Waals surface area contributed by atoms with Crippen LogP contribution in [-0.2, 0) is 0 Å². The average molecular weight is 422 g/mol. The molecule has 0 bridgehead atoms. The van der Waals surface area contributed by atoms with Crippen LogP contribution >= 0.6 is 0 Å². The lowest BCUT2D eigenvalue weighted by molar-refractivity contribution is 0.375. The summed E-state index contributed by atoms with van der Waals surface area (Å²) in [5.41, 5.74) is 2.69. The van der Waals surface area contributed by atoms with E-state index in [1.807, 2.05) is 13.0 Å². The Morgan fingerprint density at radius 2 is 1.39 bits per heavy atom. The Hall–Kier alpha value is -3.01. The maximum absolute atomic E-state index is 14.9. The summed E-state index contributed by atoms with van der Waals surface area (Å²) in [5, 5.41) is 9.29. The molecule has 4 rings (SSSR count). The fraction of sp³-hybridized carbons (Fsp3) is 0.259. The molecule has 1 aliphatic carbocycles. The van der Waals surface area contributed by atoms with E-state index in [0.717, 1.165) is 37.3 Å². The van der Waals surface area contributed by atoms with Crippen molar-refractivity contribution in [3.63, 3.8) is 0 Å². The molecule has 0 aromatic heterocycles. The van der Waals surface area contributed by atoms with Gasteiger partial charge in [0, 0.05) is 11.1 Å². The molecule has 31 heavy (non-hydrogen) atoms.